The third-order valence-electron chi connectivity index (χ3n) is 4.72. The lowest BCUT2D eigenvalue weighted by atomic mass is 9.97. The van der Waals surface area contributed by atoms with Crippen LogP contribution < -0.4 is 0 Å². The maximum absolute atomic E-state index is 12.8. The van der Waals surface area contributed by atoms with Crippen molar-refractivity contribution in [3.8, 4) is 0 Å². The number of imidazole rings is 1. The summed E-state index contributed by atoms with van der Waals surface area (Å²) >= 11 is 1.62. The Balaban J connectivity index is 1.53. The Bertz CT molecular complexity index is 833. The smallest absolute Gasteiger partial charge is 0.263 e. The molecule has 1 saturated heterocycles. The van der Waals surface area contributed by atoms with Crippen molar-refractivity contribution < 1.29 is 4.79 Å². The van der Waals surface area contributed by atoms with E-state index < -0.39 is 0 Å². The molecule has 1 amide bonds. The van der Waals surface area contributed by atoms with Gasteiger partial charge in [-0.3, -0.25) is 4.79 Å². The van der Waals surface area contributed by atoms with E-state index in [4.69, 9.17) is 4.98 Å². The molecule has 3 heterocycles. The lowest BCUT2D eigenvalue weighted by molar-refractivity contribution is 0.0710. The van der Waals surface area contributed by atoms with Gasteiger partial charge in [0.25, 0.3) is 5.91 Å². The number of carbonyl (C=O) groups excluding carboxylic acids is 1. The molecule has 0 radical (unpaired) electrons. The number of para-hydroxylation sites is 2. The van der Waals surface area contributed by atoms with Gasteiger partial charge < -0.3 is 9.88 Å². The van der Waals surface area contributed by atoms with Crippen LogP contribution in [0.4, 0.5) is 0 Å². The zero-order valence-electron chi connectivity index (χ0n) is 13.8. The highest BCUT2D eigenvalue weighted by Crippen LogP contribution is 2.28. The van der Waals surface area contributed by atoms with Crippen LogP contribution in [-0.4, -0.2) is 33.9 Å². The average molecular weight is 339 g/mol. The average Bonchev–Trinajstić information content (AvgIpc) is 3.28. The highest BCUT2D eigenvalue weighted by molar-refractivity contribution is 7.14. The number of thiophene rings is 1. The van der Waals surface area contributed by atoms with E-state index in [0.717, 1.165) is 54.1 Å². The summed E-state index contributed by atoms with van der Waals surface area (Å²) in [7, 11) is 0. The number of H-pyrrole nitrogens is 1. The van der Waals surface area contributed by atoms with E-state index in [1.165, 1.54) is 4.88 Å². The molecule has 1 fully saturated rings. The molecule has 4 nitrogen and oxygen atoms in total. The van der Waals surface area contributed by atoms with Crippen molar-refractivity contribution in [2.75, 3.05) is 13.1 Å². The number of piperidine rings is 1. The molecule has 1 aliphatic rings. The maximum Gasteiger partial charge on any atom is 0.263 e. The van der Waals surface area contributed by atoms with Crippen molar-refractivity contribution >= 4 is 28.3 Å². The molecular weight excluding hydrogens is 318 g/mol. The number of carbonyl (C=O) groups is 1. The van der Waals surface area contributed by atoms with E-state index >= 15 is 0 Å². The van der Waals surface area contributed by atoms with Gasteiger partial charge in [0.2, 0.25) is 0 Å². The highest BCUT2D eigenvalue weighted by atomic mass is 32.1. The van der Waals surface area contributed by atoms with Gasteiger partial charge in [-0.05, 0) is 43.5 Å². The van der Waals surface area contributed by atoms with Crippen LogP contribution in [-0.2, 0) is 6.42 Å². The summed E-state index contributed by atoms with van der Waals surface area (Å²) in [6.45, 7) is 3.71. The van der Waals surface area contributed by atoms with Gasteiger partial charge in [0, 0.05) is 23.9 Å². The summed E-state index contributed by atoms with van der Waals surface area (Å²) in [6, 6.07) is 12.1. The van der Waals surface area contributed by atoms with E-state index in [0.29, 0.717) is 5.92 Å². The van der Waals surface area contributed by atoms with Crippen molar-refractivity contribution in [3.05, 3.63) is 52.0 Å². The van der Waals surface area contributed by atoms with Gasteiger partial charge >= 0.3 is 0 Å². The Labute approximate surface area is 145 Å². The fourth-order valence-corrected chi connectivity index (χ4v) is 4.30. The Morgan fingerprint density at radius 3 is 3.00 bits per heavy atom. The molecule has 5 heteroatoms. The van der Waals surface area contributed by atoms with Crippen molar-refractivity contribution in [1.29, 1.82) is 0 Å². The van der Waals surface area contributed by atoms with Crippen LogP contribution in [0, 0.1) is 0 Å². The van der Waals surface area contributed by atoms with Gasteiger partial charge in [-0.25, -0.2) is 4.98 Å². The molecule has 0 saturated carbocycles. The first-order valence-corrected chi connectivity index (χ1v) is 9.39. The van der Waals surface area contributed by atoms with E-state index in [9.17, 15) is 4.79 Å². The molecule has 1 N–H and O–H groups in total. The van der Waals surface area contributed by atoms with Crippen LogP contribution in [0.15, 0.2) is 36.4 Å². The van der Waals surface area contributed by atoms with E-state index in [2.05, 4.69) is 24.0 Å². The minimum absolute atomic E-state index is 0.167. The molecule has 0 unspecified atom stereocenters. The van der Waals surface area contributed by atoms with Gasteiger partial charge in [0.15, 0.2) is 0 Å². The molecule has 0 spiro atoms. The number of hydrogen-bond donors (Lipinski definition) is 1. The van der Waals surface area contributed by atoms with Crippen LogP contribution >= 0.6 is 11.3 Å². The molecule has 124 valence electrons. The van der Waals surface area contributed by atoms with Crippen LogP contribution in [0.5, 0.6) is 0 Å². The predicted molar refractivity (Wildman–Crippen MR) is 97.7 cm³/mol. The minimum atomic E-state index is 0.167. The highest BCUT2D eigenvalue weighted by Gasteiger charge is 2.28. The summed E-state index contributed by atoms with van der Waals surface area (Å²) in [4.78, 5) is 25.1. The van der Waals surface area contributed by atoms with Gasteiger partial charge in [-0.1, -0.05) is 19.1 Å². The molecule has 1 aliphatic heterocycles. The Hall–Kier alpha value is -2.14. The number of aromatic amines is 1. The van der Waals surface area contributed by atoms with Crippen molar-refractivity contribution in [2.24, 2.45) is 0 Å². The van der Waals surface area contributed by atoms with Gasteiger partial charge in [0.1, 0.15) is 5.82 Å². The van der Waals surface area contributed by atoms with Crippen molar-refractivity contribution in [2.45, 2.75) is 32.1 Å². The Morgan fingerprint density at radius 2 is 2.21 bits per heavy atom. The summed E-state index contributed by atoms with van der Waals surface area (Å²) < 4.78 is 0. The lowest BCUT2D eigenvalue weighted by Crippen LogP contribution is -2.39. The minimum Gasteiger partial charge on any atom is -0.342 e. The number of nitrogens with one attached hydrogen (secondary N) is 1. The summed E-state index contributed by atoms with van der Waals surface area (Å²) in [5.74, 6) is 1.47. The first kappa shape index (κ1) is 15.4. The van der Waals surface area contributed by atoms with Crippen LogP contribution in [0.3, 0.4) is 0 Å². The molecule has 2 aromatic heterocycles. The molecule has 24 heavy (non-hydrogen) atoms. The lowest BCUT2D eigenvalue weighted by Gasteiger charge is -2.31. The van der Waals surface area contributed by atoms with Crippen LogP contribution in [0.1, 0.15) is 46.1 Å². The van der Waals surface area contributed by atoms with Crippen LogP contribution in [0.2, 0.25) is 0 Å². The SMILES string of the molecule is CCc1ccc(C(=O)N2CCC[C@@H](c3nc4ccccc4[nH]3)C2)s1. The number of amides is 1. The molecule has 1 atom stereocenters. The van der Waals surface area contributed by atoms with Crippen molar-refractivity contribution in [3.63, 3.8) is 0 Å². The molecule has 0 bridgehead atoms. The number of rotatable bonds is 3. The molecular formula is C19H21N3OS. The number of fused-ring (bicyclic) bond motifs is 1. The Kier molecular flexibility index (Phi) is 4.10. The number of aryl methyl sites for hydroxylation is 1. The standard InChI is InChI=1S/C19H21N3OS/c1-2-14-9-10-17(24-14)19(23)22-11-5-6-13(12-22)18-20-15-7-3-4-8-16(15)21-18/h3-4,7-10,13H,2,5-6,11-12H2,1H3,(H,20,21)/t13-/m1/s1. The van der Waals surface area contributed by atoms with Crippen molar-refractivity contribution in [1.82, 2.24) is 14.9 Å². The fourth-order valence-electron chi connectivity index (χ4n) is 3.39. The van der Waals surface area contributed by atoms with E-state index in [1.807, 2.05) is 29.2 Å². The second-order valence-electron chi connectivity index (χ2n) is 6.35. The summed E-state index contributed by atoms with van der Waals surface area (Å²) in [5, 5.41) is 0. The quantitative estimate of drug-likeness (QED) is 0.777. The number of aromatic nitrogens is 2. The zero-order chi connectivity index (χ0) is 16.5. The molecule has 3 aromatic rings. The van der Waals surface area contributed by atoms with Gasteiger partial charge in [0.05, 0.1) is 15.9 Å². The number of benzene rings is 1. The van der Waals surface area contributed by atoms with E-state index in [1.54, 1.807) is 11.3 Å². The first-order valence-electron chi connectivity index (χ1n) is 8.57. The third kappa shape index (κ3) is 2.84. The topological polar surface area (TPSA) is 49.0 Å². The maximum atomic E-state index is 12.8. The molecule has 1 aromatic carbocycles. The second kappa shape index (κ2) is 6.40. The predicted octanol–water partition coefficient (Wildman–Crippen LogP) is 4.21. The van der Waals surface area contributed by atoms with Gasteiger partial charge in [-0.15, -0.1) is 11.3 Å². The molecule has 0 aliphatic carbocycles. The summed E-state index contributed by atoms with van der Waals surface area (Å²) in [5.41, 5.74) is 2.07. The second-order valence-corrected chi connectivity index (χ2v) is 7.52. The number of likely N-dealkylation sites (tertiary alicyclic amines) is 1. The fraction of sp³-hybridized carbons (Fsp3) is 0.368. The Morgan fingerprint density at radius 1 is 1.33 bits per heavy atom. The normalized spacial score (nSPS) is 18.2. The van der Waals surface area contributed by atoms with Gasteiger partial charge in [-0.2, -0.15) is 0 Å². The monoisotopic (exact) mass is 339 g/mol. The molecule has 4 rings (SSSR count). The summed E-state index contributed by atoms with van der Waals surface area (Å²) in [6.07, 6.45) is 3.09. The van der Waals surface area contributed by atoms with Crippen LogP contribution in [0.25, 0.3) is 11.0 Å². The first-order chi connectivity index (χ1) is 11.7. The zero-order valence-corrected chi connectivity index (χ0v) is 14.6. The number of hydrogen-bond acceptors (Lipinski definition) is 3. The number of nitrogens with zero attached hydrogens (tertiary/aromatic N) is 2. The van der Waals surface area contributed by atoms with E-state index in [-0.39, 0.29) is 5.91 Å². The third-order valence-corrected chi connectivity index (χ3v) is 5.94. The largest absolute Gasteiger partial charge is 0.342 e.